The maximum absolute atomic E-state index is 14.7. The fraction of sp³-hybridized carbons (Fsp3) is 0.902. The lowest BCUT2D eigenvalue weighted by Crippen LogP contribution is -3.06. The third-order valence-electron chi connectivity index (χ3n) is 14.5. The maximum atomic E-state index is 14.7. The van der Waals surface area contributed by atoms with E-state index in [1.807, 2.05) is 0 Å². The molecule has 0 unspecified atom stereocenters. The lowest BCUT2D eigenvalue weighted by Gasteiger charge is -2.80. The predicted molar refractivity (Wildman–Crippen MR) is 319 cm³/mol. The van der Waals surface area contributed by atoms with Gasteiger partial charge in [0.05, 0.1) is 0 Å². The molecule has 26 nitrogen and oxygen atoms in total. The second-order valence-electron chi connectivity index (χ2n) is 19.0. The van der Waals surface area contributed by atoms with Crippen molar-refractivity contribution in [1.82, 2.24) is 0 Å². The number of rotatable bonds is 44. The monoisotopic (exact) mass is 1260 g/mol. The summed E-state index contributed by atoms with van der Waals surface area (Å²) < 4.78 is 146. The van der Waals surface area contributed by atoms with E-state index in [1.165, 1.54) is 0 Å². The summed E-state index contributed by atoms with van der Waals surface area (Å²) >= 11 is 0. The lowest BCUT2D eigenvalue weighted by atomic mass is 9.43. The van der Waals surface area contributed by atoms with Crippen molar-refractivity contribution < 1.29 is 125 Å². The van der Waals surface area contributed by atoms with Crippen LogP contribution in [-0.2, 0) is 104 Å². The Balaban J connectivity index is 0.00000679. The molecule has 87 heavy (non-hydrogen) atoms. The predicted octanol–water partition coefficient (Wildman–Crippen LogP) is 7.71. The summed E-state index contributed by atoms with van der Waals surface area (Å²) in [6.45, 7) is 39.3. The Hall–Kier alpha value is -2.46. The summed E-state index contributed by atoms with van der Waals surface area (Å²) in [5.74, 6) is -30.7. The first kappa shape index (κ1) is 84.5. The Labute approximate surface area is 519 Å². The van der Waals surface area contributed by atoms with Crippen molar-refractivity contribution in [3.8, 4) is 0 Å². The highest BCUT2D eigenvalue weighted by molar-refractivity contribution is 5.79. The van der Waals surface area contributed by atoms with Crippen LogP contribution in [0.2, 0.25) is 0 Å². The van der Waals surface area contributed by atoms with Crippen LogP contribution in [0.25, 0.3) is 0 Å². The van der Waals surface area contributed by atoms with Crippen LogP contribution in [0, 0.1) is 5.41 Å². The zero-order valence-corrected chi connectivity index (χ0v) is 57.0. The van der Waals surface area contributed by atoms with Crippen LogP contribution < -0.4 is 0 Å². The second kappa shape index (κ2) is 37.3. The van der Waals surface area contributed by atoms with E-state index in [9.17, 15) is 19.8 Å². The molecule has 0 amide bonds. The van der Waals surface area contributed by atoms with Gasteiger partial charge < -0.3 is 115 Å². The molecule has 0 radical (unpaired) electrons. The van der Waals surface area contributed by atoms with Gasteiger partial charge in [0.15, 0.2) is 11.2 Å². The average Bonchev–Trinajstić information content (AvgIpc) is 0.617. The quantitative estimate of drug-likeness (QED) is 0.0335. The molecule has 2 aliphatic rings. The SMILES string of the molecule is C=CC(=O)O.C=CC(=O)O.CCOC1(O)C(OCC)(OCC)C(OCC)(OCC)C(OCC)(C(C)(C)C2(OCC)C(OCC)(OCC)C(OCC)(OCC)C(O)(OCC)C(OCC)(OCC)C2(OCC)OCC)C(OCC)(OCC)C1(OCC)OCC. The van der Waals surface area contributed by atoms with E-state index in [2.05, 4.69) is 13.2 Å². The van der Waals surface area contributed by atoms with E-state index in [0.717, 1.165) is 12.2 Å². The number of carboxylic acid groups (broad SMARTS) is 2. The van der Waals surface area contributed by atoms with E-state index in [4.69, 9.17) is 105 Å². The highest BCUT2D eigenvalue weighted by atomic mass is 16.9. The normalized spacial score (nSPS) is 25.3. The molecule has 2 rings (SSSR count). The molecule has 0 spiro atoms. The van der Waals surface area contributed by atoms with Gasteiger partial charge in [-0.3, -0.25) is 0 Å². The summed E-state index contributed by atoms with van der Waals surface area (Å²) in [6, 6.07) is 0. The number of aliphatic hydroxyl groups is 2. The minimum atomic E-state index is -3.06. The number of ether oxygens (including phenoxy) is 20. The first-order valence-corrected chi connectivity index (χ1v) is 31.2. The Morgan fingerprint density at radius 2 is 0.391 bits per heavy atom. The maximum Gasteiger partial charge on any atom is 0.327 e. The van der Waals surface area contributed by atoms with E-state index in [0.29, 0.717) is 0 Å². The van der Waals surface area contributed by atoms with Crippen LogP contribution >= 0.6 is 0 Å². The van der Waals surface area contributed by atoms with Gasteiger partial charge in [0.25, 0.3) is 57.9 Å². The molecule has 0 aromatic carbocycles. The Morgan fingerprint density at radius 3 is 0.494 bits per heavy atom. The van der Waals surface area contributed by atoms with Gasteiger partial charge in [-0.1, -0.05) is 27.0 Å². The van der Waals surface area contributed by atoms with Crippen molar-refractivity contribution in [1.29, 1.82) is 0 Å². The number of aliphatic carboxylic acids is 2. The summed E-state index contributed by atoms with van der Waals surface area (Å²) in [4.78, 5) is 18.5. The summed E-state index contributed by atoms with van der Waals surface area (Å²) in [5.41, 5.74) is -8.04. The Morgan fingerprint density at radius 1 is 0.276 bits per heavy atom. The molecule has 2 aliphatic carbocycles. The molecule has 2 saturated carbocycles. The number of hydrogen-bond acceptors (Lipinski definition) is 24. The largest absolute Gasteiger partial charge is 0.478 e. The van der Waals surface area contributed by atoms with E-state index in [1.54, 1.807) is 152 Å². The zero-order valence-electron chi connectivity index (χ0n) is 57.0. The lowest BCUT2D eigenvalue weighted by molar-refractivity contribution is -0.673. The molecule has 0 bridgehead atoms. The van der Waals surface area contributed by atoms with Gasteiger partial charge in [0.2, 0.25) is 0 Å². The third-order valence-corrected chi connectivity index (χ3v) is 14.5. The molecule has 26 heteroatoms. The van der Waals surface area contributed by atoms with Gasteiger partial charge in [-0.15, -0.1) is 0 Å². The number of carboxylic acids is 2. The first-order chi connectivity index (χ1) is 41.3. The van der Waals surface area contributed by atoms with Gasteiger partial charge in [-0.2, -0.15) is 0 Å². The zero-order chi connectivity index (χ0) is 67.4. The smallest absolute Gasteiger partial charge is 0.327 e. The van der Waals surface area contributed by atoms with Crippen molar-refractivity contribution >= 4 is 11.9 Å². The fourth-order valence-electron chi connectivity index (χ4n) is 13.3. The van der Waals surface area contributed by atoms with Gasteiger partial charge in [-0.25, -0.2) is 9.59 Å². The van der Waals surface area contributed by atoms with Gasteiger partial charge in [-0.05, 0) is 138 Å². The van der Waals surface area contributed by atoms with Crippen LogP contribution in [0.5, 0.6) is 0 Å². The molecular formula is C61H116O26. The molecule has 4 N–H and O–H groups in total. The number of hydrogen-bond donors (Lipinski definition) is 4. The van der Waals surface area contributed by atoms with Crippen LogP contribution in [0.4, 0.5) is 0 Å². The Bertz CT molecular complexity index is 1690. The topological polar surface area (TPSA) is 300 Å². The molecule has 0 aromatic heterocycles. The van der Waals surface area contributed by atoms with Crippen LogP contribution in [0.15, 0.2) is 25.3 Å². The molecule has 2 fully saturated rings. The minimum absolute atomic E-state index is 0.207. The van der Waals surface area contributed by atoms with Crippen molar-refractivity contribution in [3.63, 3.8) is 0 Å². The van der Waals surface area contributed by atoms with E-state index >= 15 is 0 Å². The van der Waals surface area contributed by atoms with Gasteiger partial charge in [0.1, 0.15) is 0 Å². The average molecular weight is 1270 g/mol. The fourth-order valence-corrected chi connectivity index (χ4v) is 13.3. The summed E-state index contributed by atoms with van der Waals surface area (Å²) in [6.07, 6.45) is 1.67. The molecule has 0 atom stereocenters. The van der Waals surface area contributed by atoms with Crippen molar-refractivity contribution in [2.45, 2.75) is 221 Å². The number of carbonyl (C=O) groups is 2. The highest BCUT2D eigenvalue weighted by Gasteiger charge is 3.06. The van der Waals surface area contributed by atoms with Crippen molar-refractivity contribution in [2.75, 3.05) is 132 Å². The van der Waals surface area contributed by atoms with Crippen LogP contribution in [0.3, 0.4) is 0 Å². The van der Waals surface area contributed by atoms with Crippen LogP contribution in [-0.4, -0.2) is 234 Å². The summed E-state index contributed by atoms with van der Waals surface area (Å²) in [5, 5.41) is 44.6. The van der Waals surface area contributed by atoms with Crippen molar-refractivity contribution in [2.24, 2.45) is 5.41 Å². The Kier molecular flexibility index (Phi) is 36.2. The van der Waals surface area contributed by atoms with Gasteiger partial charge >= 0.3 is 11.9 Å². The second-order valence-corrected chi connectivity index (χ2v) is 19.0. The summed E-state index contributed by atoms with van der Waals surface area (Å²) in [7, 11) is 0. The molecular weight excluding hydrogens is 1150 g/mol. The molecule has 0 heterocycles. The highest BCUT2D eigenvalue weighted by Crippen LogP contribution is 2.78. The third kappa shape index (κ3) is 12.9. The minimum Gasteiger partial charge on any atom is -0.478 e. The first-order valence-electron chi connectivity index (χ1n) is 31.2. The van der Waals surface area contributed by atoms with Gasteiger partial charge in [0, 0.05) is 150 Å². The molecule has 0 aliphatic heterocycles. The van der Waals surface area contributed by atoms with Crippen LogP contribution in [0.1, 0.15) is 152 Å². The van der Waals surface area contributed by atoms with E-state index < -0.39 is 86.4 Å². The van der Waals surface area contributed by atoms with E-state index in [-0.39, 0.29) is 132 Å². The molecule has 516 valence electrons. The standard InChI is InChI=1S/C55H108O22.2C3H4O2/c1-23-58-44(48(62-27-5,63-28-6)52(70-35-13,71-36-14)46(56,60-25-3)53(72-37-15,73-38-16)49(44,64-29-7)65-30-8)43(21,22)45(59-24-2)50(66-31-9,67-32-10)54(74-39-17,75-40-18)47(57,61-26-4)55(76-41-19,77-42-20)51(45,68-33-11)69-34-12;2*1-2-3(4)5/h56-57H,23-42H2,1-22H3;2*2H,1H2,(H,4,5). The molecule has 0 aromatic rings. The van der Waals surface area contributed by atoms with Crippen molar-refractivity contribution in [3.05, 3.63) is 25.3 Å². The molecule has 0 saturated heterocycles.